The predicted molar refractivity (Wildman–Crippen MR) is 220 cm³/mol. The van der Waals surface area contributed by atoms with Crippen LogP contribution in [-0.2, 0) is 0 Å². The van der Waals surface area contributed by atoms with Gasteiger partial charge in [-0.1, -0.05) is 146 Å². The lowest BCUT2D eigenvalue weighted by atomic mass is 9.99. The lowest BCUT2D eigenvalue weighted by Gasteiger charge is -2.26. The number of furan rings is 1. The second-order valence-electron chi connectivity index (χ2n) is 13.1. The molecule has 0 radical (unpaired) electrons. The minimum Gasteiger partial charge on any atom is -0.455 e. The molecule has 1 heterocycles. The first-order valence-corrected chi connectivity index (χ1v) is 17.4. The summed E-state index contributed by atoms with van der Waals surface area (Å²) in [6, 6.07) is 58.2. The van der Waals surface area contributed by atoms with Crippen molar-refractivity contribution >= 4 is 60.5 Å². The largest absolute Gasteiger partial charge is 0.455 e. The van der Waals surface area contributed by atoms with Crippen molar-refractivity contribution in [1.29, 1.82) is 0 Å². The van der Waals surface area contributed by atoms with Gasteiger partial charge in [-0.3, -0.25) is 0 Å². The number of hydrogen-bond donors (Lipinski definition) is 0. The molecule has 0 saturated carbocycles. The van der Waals surface area contributed by atoms with E-state index in [2.05, 4.69) is 42.5 Å². The topological polar surface area (TPSA) is 16.4 Å². The number of para-hydroxylation sites is 2. The molecule has 10 rings (SSSR count). The molecular weight excluding hydrogens is 631 g/mol. The Morgan fingerprint density at radius 3 is 1.69 bits per heavy atom. The van der Waals surface area contributed by atoms with Crippen LogP contribution in [0.5, 0.6) is 0 Å². The maximum absolute atomic E-state index is 9.51. The smallest absolute Gasteiger partial charge is 0.143 e. The molecule has 1 aromatic heterocycles. The molecule has 244 valence electrons. The highest BCUT2D eigenvalue weighted by atomic mass is 16.3. The normalized spacial score (nSPS) is 12.5. The zero-order valence-electron chi connectivity index (χ0n) is 32.1. The first-order valence-electron chi connectivity index (χ1n) is 19.4. The van der Waals surface area contributed by atoms with Crippen LogP contribution >= 0.6 is 0 Å². The van der Waals surface area contributed by atoms with Crippen molar-refractivity contribution in [2.75, 3.05) is 4.90 Å². The molecule has 0 aliphatic carbocycles. The molecule has 0 aliphatic rings. The van der Waals surface area contributed by atoms with Crippen molar-refractivity contribution in [3.8, 4) is 33.4 Å². The minimum absolute atomic E-state index is 0.0998. The molecule has 0 fully saturated rings. The zero-order chi connectivity index (χ0) is 37.9. The number of benzene rings is 9. The predicted octanol–water partition coefficient (Wildman–Crippen LogP) is 14.4. The van der Waals surface area contributed by atoms with Crippen molar-refractivity contribution in [1.82, 2.24) is 0 Å². The van der Waals surface area contributed by atoms with Crippen molar-refractivity contribution in [3.63, 3.8) is 0 Å². The van der Waals surface area contributed by atoms with Gasteiger partial charge in [0.2, 0.25) is 0 Å². The molecule has 2 heteroatoms. The first-order chi connectivity index (χ1) is 27.4. The van der Waals surface area contributed by atoms with Crippen LogP contribution in [0.4, 0.5) is 17.1 Å². The van der Waals surface area contributed by atoms with Crippen LogP contribution in [0.1, 0.15) is 5.48 Å². The highest BCUT2D eigenvalue weighted by Gasteiger charge is 2.17. The molecule has 52 heavy (non-hydrogen) atoms. The Kier molecular flexibility index (Phi) is 6.22. The lowest BCUT2D eigenvalue weighted by Crippen LogP contribution is -2.10. The summed E-state index contributed by atoms with van der Waals surface area (Å²) in [4.78, 5) is 1.84. The van der Waals surface area contributed by atoms with E-state index >= 15 is 0 Å². The van der Waals surface area contributed by atoms with E-state index in [4.69, 9.17) is 4.42 Å². The highest BCUT2D eigenvalue weighted by Crippen LogP contribution is 2.41. The molecule has 0 amide bonds. The molecule has 9 aromatic carbocycles. The molecule has 0 spiro atoms. The average molecular weight is 668 g/mol. The maximum atomic E-state index is 9.51. The van der Waals surface area contributed by atoms with Gasteiger partial charge in [-0.2, -0.15) is 0 Å². The van der Waals surface area contributed by atoms with Crippen LogP contribution in [0.15, 0.2) is 205 Å². The number of anilines is 3. The number of rotatable bonds is 6. The molecule has 0 unspecified atom stereocenters. The fourth-order valence-electron chi connectivity index (χ4n) is 7.27. The summed E-state index contributed by atoms with van der Waals surface area (Å²) >= 11 is 0. The van der Waals surface area contributed by atoms with Crippen molar-refractivity contribution < 1.29 is 9.90 Å². The van der Waals surface area contributed by atoms with Gasteiger partial charge < -0.3 is 9.32 Å². The van der Waals surface area contributed by atoms with Gasteiger partial charge in [-0.25, -0.2) is 0 Å². The average Bonchev–Trinajstić information content (AvgIpc) is 3.63. The summed E-state index contributed by atoms with van der Waals surface area (Å²) in [5.74, 6) is 0. The quantitative estimate of drug-likeness (QED) is 0.175. The Balaban J connectivity index is 1.15. The number of nitrogens with zero attached hydrogens (tertiary/aromatic N) is 1. The van der Waals surface area contributed by atoms with Gasteiger partial charge in [-0.15, -0.1) is 0 Å². The van der Waals surface area contributed by atoms with Crippen LogP contribution in [0, 0.1) is 0 Å². The Hall–Kier alpha value is -6.90. The van der Waals surface area contributed by atoms with Crippen molar-refractivity contribution in [2.45, 2.75) is 0 Å². The molecule has 0 saturated heterocycles. The van der Waals surface area contributed by atoms with Gasteiger partial charge in [-0.05, 0) is 104 Å². The van der Waals surface area contributed by atoms with Crippen LogP contribution in [0.2, 0.25) is 0 Å². The molecule has 10 aromatic rings. The third-order valence-corrected chi connectivity index (χ3v) is 9.90. The van der Waals surface area contributed by atoms with Gasteiger partial charge >= 0.3 is 0 Å². The number of fused-ring (bicyclic) bond motifs is 5. The fraction of sp³-hybridized carbons (Fsp3) is 0. The summed E-state index contributed by atoms with van der Waals surface area (Å²) in [5.41, 5.74) is 7.97. The third-order valence-electron chi connectivity index (χ3n) is 9.90. The van der Waals surface area contributed by atoms with Crippen molar-refractivity contribution in [3.05, 3.63) is 200 Å². The van der Waals surface area contributed by atoms with E-state index in [1.54, 1.807) is 0 Å². The summed E-state index contributed by atoms with van der Waals surface area (Å²) < 4.78 is 44.1. The Morgan fingerprint density at radius 2 is 0.962 bits per heavy atom. The molecule has 0 atom stereocenters. The fourth-order valence-corrected chi connectivity index (χ4v) is 7.27. The molecule has 2 nitrogen and oxygen atoms in total. The van der Waals surface area contributed by atoms with Gasteiger partial charge in [0.05, 0.1) is 5.48 Å². The Bertz CT molecular complexity index is 3120. The van der Waals surface area contributed by atoms with Crippen LogP contribution in [0.25, 0.3) is 76.9 Å². The number of hydrogen-bond acceptors (Lipinski definition) is 2. The van der Waals surface area contributed by atoms with E-state index < -0.39 is 0 Å². The zero-order valence-corrected chi connectivity index (χ0v) is 28.1. The van der Waals surface area contributed by atoms with Gasteiger partial charge in [0.1, 0.15) is 11.2 Å². The summed E-state index contributed by atoms with van der Waals surface area (Å²) in [5, 5.41) is 6.40. The lowest BCUT2D eigenvalue weighted by molar-refractivity contribution is 0.670. The van der Waals surface area contributed by atoms with Crippen molar-refractivity contribution in [2.24, 2.45) is 0 Å². The van der Waals surface area contributed by atoms with E-state index in [0.29, 0.717) is 16.9 Å². The summed E-state index contributed by atoms with van der Waals surface area (Å²) in [6.07, 6.45) is 0. The standard InChI is InChI=1S/C50H33NO/c1-3-11-38-31-40(21-19-34(38)9-1)36-23-27-43(28-24-36)51(44-29-25-37(26-30-44)41-22-20-35-10-2-4-12-39(35)32-41)45-14-7-13-42(33-45)46-16-8-17-48-47-15-5-6-18-49(47)52-50(46)48/h1-33H/i23D,24D,27D,28D. The third kappa shape index (κ3) is 5.30. The monoisotopic (exact) mass is 667 g/mol. The van der Waals surface area contributed by atoms with E-state index in [1.165, 1.54) is 5.39 Å². The SMILES string of the molecule is [2H]c1c([2H])c(N(c2ccc(-c3ccc4ccccc4c3)cc2)c2cccc(-c3cccc4c3oc3ccccc34)c2)c([2H])c([2H])c1-c1ccc2ccccc2c1. The second kappa shape index (κ2) is 12.5. The first kappa shape index (κ1) is 26.0. The Morgan fingerprint density at radius 1 is 0.365 bits per heavy atom. The maximum Gasteiger partial charge on any atom is 0.143 e. The van der Waals surface area contributed by atoms with Gasteiger partial charge in [0, 0.05) is 33.4 Å². The summed E-state index contributed by atoms with van der Waals surface area (Å²) in [7, 11) is 0. The van der Waals surface area contributed by atoms with E-state index in [1.807, 2.05) is 138 Å². The van der Waals surface area contributed by atoms with Gasteiger partial charge in [0.15, 0.2) is 0 Å². The van der Waals surface area contributed by atoms with Crippen LogP contribution in [-0.4, -0.2) is 0 Å². The molecule has 0 bridgehead atoms. The summed E-state index contributed by atoms with van der Waals surface area (Å²) in [6.45, 7) is 0. The van der Waals surface area contributed by atoms with Crippen LogP contribution < -0.4 is 4.90 Å². The molecule has 0 aliphatic heterocycles. The second-order valence-corrected chi connectivity index (χ2v) is 13.1. The van der Waals surface area contributed by atoms with E-state index in [0.717, 1.165) is 60.4 Å². The van der Waals surface area contributed by atoms with E-state index in [-0.39, 0.29) is 35.4 Å². The van der Waals surface area contributed by atoms with E-state index in [9.17, 15) is 5.48 Å². The van der Waals surface area contributed by atoms with Gasteiger partial charge in [0.25, 0.3) is 0 Å². The highest BCUT2D eigenvalue weighted by molar-refractivity contribution is 6.09. The Labute approximate surface area is 308 Å². The molecule has 0 N–H and O–H groups in total. The van der Waals surface area contributed by atoms with Crippen LogP contribution in [0.3, 0.4) is 0 Å². The molecular formula is C50H33NO. The minimum atomic E-state index is -0.127.